The third kappa shape index (κ3) is 4.98. The van der Waals surface area contributed by atoms with E-state index in [2.05, 4.69) is 128 Å². The molecule has 4 rings (SSSR count). The van der Waals surface area contributed by atoms with E-state index in [4.69, 9.17) is 0 Å². The third-order valence-electron chi connectivity index (χ3n) is 5.61. The molecule has 0 unspecified atom stereocenters. The Balaban J connectivity index is 0.00000272. The van der Waals surface area contributed by atoms with Crippen LogP contribution in [-0.2, 0) is 0 Å². The van der Waals surface area contributed by atoms with E-state index in [0.29, 0.717) is 0 Å². The number of hydrogen-bond donors (Lipinski definition) is 0. The van der Waals surface area contributed by atoms with Crippen LogP contribution < -0.4 is 18.9 Å². The smallest absolute Gasteiger partial charge is 0.202 e. The van der Waals surface area contributed by atoms with Crippen molar-refractivity contribution in [3.8, 4) is 11.5 Å². The van der Waals surface area contributed by atoms with E-state index in [0.717, 1.165) is 5.56 Å². The molecule has 0 atom stereocenters. The number of allylic oxidation sites excluding steroid dienone is 2. The van der Waals surface area contributed by atoms with Crippen LogP contribution in [0.2, 0.25) is 26.2 Å². The molecule has 0 fully saturated rings. The summed E-state index contributed by atoms with van der Waals surface area (Å²) in [6.07, 6.45) is 0. The third-order valence-corrected chi connectivity index (χ3v) is 14.0. The minimum Gasteiger partial charge on any atom is -0.202 e. The Labute approximate surface area is 201 Å². The van der Waals surface area contributed by atoms with Crippen molar-refractivity contribution in [1.82, 2.24) is 0 Å². The van der Waals surface area contributed by atoms with Crippen molar-refractivity contribution in [2.45, 2.75) is 26.2 Å². The fourth-order valence-corrected chi connectivity index (χ4v) is 14.5. The summed E-state index contributed by atoms with van der Waals surface area (Å²) in [4.78, 5) is 1.60. The monoisotopic (exact) mass is 426 g/mol. The fourth-order valence-electron chi connectivity index (χ4n) is 4.50. The molecule has 148 valence electrons. The normalized spacial score (nSPS) is 14.9. The molecular weight excluding hydrogens is 399 g/mol. The molecule has 3 aromatic carbocycles. The second kappa shape index (κ2) is 9.48. The van der Waals surface area contributed by atoms with Gasteiger partial charge in [0.05, 0.1) is 0 Å². The molecule has 3 aromatic rings. The van der Waals surface area contributed by atoms with Gasteiger partial charge in [-0.1, -0.05) is 104 Å². The first-order valence-corrected chi connectivity index (χ1v) is 16.5. The SMILES string of the molecule is C[Si](C)(C#Cc1ccccc1)C1=C(c2ccccc2)C(c2ccccc2)=[C-][Si]1(C)C.[Li+]. The van der Waals surface area contributed by atoms with Crippen molar-refractivity contribution in [3.05, 3.63) is 118 Å². The van der Waals surface area contributed by atoms with Crippen molar-refractivity contribution in [2.24, 2.45) is 0 Å². The summed E-state index contributed by atoms with van der Waals surface area (Å²) in [6, 6.07) is 32.0. The van der Waals surface area contributed by atoms with Gasteiger partial charge in [-0.25, -0.2) is 5.70 Å². The van der Waals surface area contributed by atoms with Gasteiger partial charge in [-0.05, 0) is 12.1 Å². The van der Waals surface area contributed by atoms with E-state index < -0.39 is 16.1 Å². The number of hydrogen-bond acceptors (Lipinski definition) is 0. The topological polar surface area (TPSA) is 0 Å². The summed E-state index contributed by atoms with van der Waals surface area (Å²) in [5, 5.41) is 0. The summed E-state index contributed by atoms with van der Waals surface area (Å²) in [6.45, 7) is 9.68. The molecular formula is C28H27LiSi2. The quantitative estimate of drug-likeness (QED) is 0.338. The van der Waals surface area contributed by atoms with Crippen LogP contribution >= 0.6 is 0 Å². The molecule has 1 aliphatic heterocycles. The van der Waals surface area contributed by atoms with Crippen LogP contribution in [0.15, 0.2) is 95.8 Å². The molecule has 0 saturated heterocycles. The minimum absolute atomic E-state index is 0. The van der Waals surface area contributed by atoms with E-state index in [-0.39, 0.29) is 18.9 Å². The van der Waals surface area contributed by atoms with E-state index >= 15 is 0 Å². The predicted octanol–water partition coefficient (Wildman–Crippen LogP) is 3.97. The van der Waals surface area contributed by atoms with Crippen LogP contribution in [0.4, 0.5) is 0 Å². The molecule has 1 heterocycles. The standard InChI is InChI=1S/C28H27Si2.Li/c1-29(2,21-20-23-14-8-5-9-15-23)28-27(25-18-12-7-13-19-25)26(22-30(28,3)4)24-16-10-6-11-17-24;/h5-19H,1-4H3;/q-1;+1. The Hall–Kier alpha value is -2.27. The second-order valence-electron chi connectivity index (χ2n) is 8.85. The maximum Gasteiger partial charge on any atom is 1.00 e. The molecule has 31 heavy (non-hydrogen) atoms. The van der Waals surface area contributed by atoms with Crippen LogP contribution in [0, 0.1) is 17.2 Å². The Morgan fingerprint density at radius 3 is 1.74 bits per heavy atom. The van der Waals surface area contributed by atoms with Gasteiger partial charge in [0.1, 0.15) is 8.07 Å². The summed E-state index contributed by atoms with van der Waals surface area (Å²) in [5.41, 5.74) is 14.1. The summed E-state index contributed by atoms with van der Waals surface area (Å²) >= 11 is 0. The maximum atomic E-state index is 4.00. The van der Waals surface area contributed by atoms with E-state index in [1.165, 1.54) is 22.3 Å². The van der Waals surface area contributed by atoms with Crippen LogP contribution in [-0.4, -0.2) is 16.1 Å². The first-order valence-electron chi connectivity index (χ1n) is 10.5. The van der Waals surface area contributed by atoms with Crippen molar-refractivity contribution in [1.29, 1.82) is 0 Å². The zero-order chi connectivity index (χ0) is 21.2. The molecule has 0 spiro atoms. The molecule has 0 bridgehead atoms. The van der Waals surface area contributed by atoms with Gasteiger partial charge in [0.25, 0.3) is 0 Å². The van der Waals surface area contributed by atoms with Crippen molar-refractivity contribution < 1.29 is 18.9 Å². The van der Waals surface area contributed by atoms with Gasteiger partial charge >= 0.3 is 18.9 Å². The molecule has 0 N–H and O–H groups in total. The van der Waals surface area contributed by atoms with Gasteiger partial charge in [-0.2, -0.15) is 5.57 Å². The summed E-state index contributed by atoms with van der Waals surface area (Å²) < 4.78 is 0. The Morgan fingerprint density at radius 2 is 1.19 bits per heavy atom. The van der Waals surface area contributed by atoms with Gasteiger partial charge < -0.3 is 0 Å². The van der Waals surface area contributed by atoms with Crippen molar-refractivity contribution >= 4 is 27.3 Å². The van der Waals surface area contributed by atoms with Crippen molar-refractivity contribution in [2.75, 3.05) is 0 Å². The predicted molar refractivity (Wildman–Crippen MR) is 135 cm³/mol. The van der Waals surface area contributed by atoms with E-state index in [9.17, 15) is 0 Å². The van der Waals surface area contributed by atoms with Crippen LogP contribution in [0.25, 0.3) is 11.1 Å². The van der Waals surface area contributed by atoms with Crippen LogP contribution in [0.1, 0.15) is 16.7 Å². The molecule has 0 radical (unpaired) electrons. The second-order valence-corrected chi connectivity index (χ2v) is 17.3. The van der Waals surface area contributed by atoms with Gasteiger partial charge in [-0.15, -0.1) is 33.6 Å². The van der Waals surface area contributed by atoms with E-state index in [1.807, 2.05) is 6.07 Å². The van der Waals surface area contributed by atoms with Gasteiger partial charge in [0, 0.05) is 13.6 Å². The molecule has 0 amide bonds. The van der Waals surface area contributed by atoms with E-state index in [1.54, 1.807) is 4.82 Å². The molecule has 3 heteroatoms. The largest absolute Gasteiger partial charge is 1.00 e. The molecule has 1 aliphatic rings. The maximum absolute atomic E-state index is 4.00. The zero-order valence-electron chi connectivity index (χ0n) is 19.2. The zero-order valence-corrected chi connectivity index (χ0v) is 21.2. The number of rotatable bonds is 3. The van der Waals surface area contributed by atoms with Gasteiger partial charge in [0.2, 0.25) is 0 Å². The average Bonchev–Trinajstić information content (AvgIpc) is 3.06. The first kappa shape index (κ1) is 23.4. The minimum atomic E-state index is -2.01. The Kier molecular flexibility index (Phi) is 7.15. The Morgan fingerprint density at radius 1 is 0.710 bits per heavy atom. The molecule has 0 nitrogen and oxygen atoms in total. The summed E-state index contributed by atoms with van der Waals surface area (Å²) in [5.74, 6) is 3.49. The summed E-state index contributed by atoms with van der Waals surface area (Å²) in [7, 11) is -3.90. The Bertz CT molecular complexity index is 1160. The molecule has 0 aromatic heterocycles. The fraction of sp³-hybridized carbons (Fsp3) is 0.143. The van der Waals surface area contributed by atoms with Crippen LogP contribution in [0.5, 0.6) is 0 Å². The average molecular weight is 427 g/mol. The number of benzene rings is 3. The van der Waals surface area contributed by atoms with Crippen molar-refractivity contribution in [3.63, 3.8) is 0 Å². The molecule has 0 saturated carbocycles. The molecule has 0 aliphatic carbocycles. The van der Waals surface area contributed by atoms with Gasteiger partial charge in [-0.3, -0.25) is 0 Å². The van der Waals surface area contributed by atoms with Crippen LogP contribution in [0.3, 0.4) is 0 Å². The van der Waals surface area contributed by atoms with Gasteiger partial charge in [0.15, 0.2) is 0 Å². The first-order chi connectivity index (χ1) is 14.4.